The van der Waals surface area contributed by atoms with E-state index in [2.05, 4.69) is 17.6 Å². The van der Waals surface area contributed by atoms with Gasteiger partial charge >= 0.3 is 0 Å². The summed E-state index contributed by atoms with van der Waals surface area (Å²) in [6.07, 6.45) is 5.87. The molecule has 1 amide bonds. The molecule has 1 saturated carbocycles. The molecule has 0 aromatic rings. The van der Waals surface area contributed by atoms with Crippen molar-refractivity contribution in [2.24, 2.45) is 11.3 Å². The number of amides is 1. The number of hydrogen-bond acceptors (Lipinski definition) is 3. The second-order valence-corrected chi connectivity index (χ2v) is 6.22. The Labute approximate surface area is 121 Å². The predicted octanol–water partition coefficient (Wildman–Crippen LogP) is 1.48. The Hall–Kier alpha value is -0.320. The SMILES string of the molecule is CC(NC(=O)C1CC12CCNCC2)C1CCCO1.Cl. The van der Waals surface area contributed by atoms with Crippen LogP contribution in [0.3, 0.4) is 0 Å². The number of carbonyl (C=O) groups is 1. The molecule has 2 heterocycles. The first-order valence-corrected chi connectivity index (χ1v) is 7.34. The van der Waals surface area contributed by atoms with Crippen molar-refractivity contribution in [2.45, 2.75) is 51.2 Å². The third-order valence-corrected chi connectivity index (χ3v) is 5.00. The smallest absolute Gasteiger partial charge is 0.223 e. The summed E-state index contributed by atoms with van der Waals surface area (Å²) in [5, 5.41) is 6.54. The van der Waals surface area contributed by atoms with Crippen molar-refractivity contribution in [1.29, 1.82) is 0 Å². The summed E-state index contributed by atoms with van der Waals surface area (Å²) < 4.78 is 5.63. The molecule has 19 heavy (non-hydrogen) atoms. The Morgan fingerprint density at radius 3 is 2.79 bits per heavy atom. The zero-order valence-corrected chi connectivity index (χ0v) is 12.4. The van der Waals surface area contributed by atoms with Gasteiger partial charge in [-0.2, -0.15) is 0 Å². The number of nitrogens with one attached hydrogen (secondary N) is 2. The molecule has 5 heteroatoms. The molecule has 2 N–H and O–H groups in total. The molecule has 3 unspecified atom stereocenters. The van der Waals surface area contributed by atoms with Crippen molar-refractivity contribution >= 4 is 18.3 Å². The molecule has 110 valence electrons. The summed E-state index contributed by atoms with van der Waals surface area (Å²) in [5.74, 6) is 0.531. The predicted molar refractivity (Wildman–Crippen MR) is 76.5 cm³/mol. The topological polar surface area (TPSA) is 50.4 Å². The van der Waals surface area contributed by atoms with Gasteiger partial charge in [-0.25, -0.2) is 0 Å². The number of ether oxygens (including phenoxy) is 1. The van der Waals surface area contributed by atoms with Crippen LogP contribution in [0, 0.1) is 11.3 Å². The van der Waals surface area contributed by atoms with Crippen molar-refractivity contribution in [2.75, 3.05) is 19.7 Å². The molecular formula is C14H25ClN2O2. The Morgan fingerprint density at radius 1 is 1.42 bits per heavy atom. The van der Waals surface area contributed by atoms with Crippen molar-refractivity contribution < 1.29 is 9.53 Å². The van der Waals surface area contributed by atoms with E-state index in [0.29, 0.717) is 5.41 Å². The maximum atomic E-state index is 12.3. The van der Waals surface area contributed by atoms with Crippen LogP contribution < -0.4 is 10.6 Å². The molecule has 3 atom stereocenters. The van der Waals surface area contributed by atoms with E-state index in [1.165, 1.54) is 12.8 Å². The van der Waals surface area contributed by atoms with E-state index < -0.39 is 0 Å². The summed E-state index contributed by atoms with van der Waals surface area (Å²) in [6.45, 7) is 5.07. The van der Waals surface area contributed by atoms with E-state index in [1.807, 2.05) is 0 Å². The van der Waals surface area contributed by atoms with Gasteiger partial charge in [0.05, 0.1) is 12.1 Å². The standard InChI is InChI=1S/C14H24N2O2.ClH/c1-10(12-3-2-8-18-12)16-13(17)11-9-14(11)4-6-15-7-5-14;/h10-12,15H,2-9H2,1H3,(H,16,17);1H. The van der Waals surface area contributed by atoms with E-state index in [0.717, 1.165) is 39.0 Å². The minimum absolute atomic E-state index is 0. The van der Waals surface area contributed by atoms with E-state index in [-0.39, 0.29) is 36.4 Å². The minimum Gasteiger partial charge on any atom is -0.376 e. The van der Waals surface area contributed by atoms with Crippen LogP contribution in [0.1, 0.15) is 39.0 Å². The zero-order chi connectivity index (χ0) is 12.6. The van der Waals surface area contributed by atoms with Gasteiger partial charge in [-0.3, -0.25) is 4.79 Å². The van der Waals surface area contributed by atoms with Gasteiger partial charge in [0.15, 0.2) is 0 Å². The Morgan fingerprint density at radius 2 is 2.16 bits per heavy atom. The van der Waals surface area contributed by atoms with Crippen LogP contribution in [0.2, 0.25) is 0 Å². The second-order valence-electron chi connectivity index (χ2n) is 6.22. The lowest BCUT2D eigenvalue weighted by Crippen LogP contribution is -2.43. The Balaban J connectivity index is 0.00000133. The highest BCUT2D eigenvalue weighted by Gasteiger charge is 2.57. The molecule has 1 spiro atoms. The first kappa shape index (κ1) is 15.1. The number of carbonyl (C=O) groups excluding carboxylic acids is 1. The number of piperidine rings is 1. The van der Waals surface area contributed by atoms with Crippen LogP contribution >= 0.6 is 12.4 Å². The van der Waals surface area contributed by atoms with Gasteiger partial charge < -0.3 is 15.4 Å². The Kier molecular flexibility index (Phi) is 4.75. The van der Waals surface area contributed by atoms with Gasteiger partial charge in [0, 0.05) is 12.5 Å². The molecular weight excluding hydrogens is 264 g/mol. The monoisotopic (exact) mass is 288 g/mol. The van der Waals surface area contributed by atoms with Gasteiger partial charge in [-0.05, 0) is 57.5 Å². The molecule has 0 aromatic heterocycles. The van der Waals surface area contributed by atoms with Gasteiger partial charge in [0.25, 0.3) is 0 Å². The normalized spacial score (nSPS) is 33.5. The maximum absolute atomic E-state index is 12.3. The lowest BCUT2D eigenvalue weighted by Gasteiger charge is -2.24. The third kappa shape index (κ3) is 3.06. The summed E-state index contributed by atoms with van der Waals surface area (Å²) >= 11 is 0. The van der Waals surface area contributed by atoms with Gasteiger partial charge in [-0.1, -0.05) is 0 Å². The highest BCUT2D eigenvalue weighted by molar-refractivity contribution is 5.85. The summed E-state index contributed by atoms with van der Waals surface area (Å²) in [5.41, 5.74) is 0.339. The molecule has 2 saturated heterocycles. The largest absolute Gasteiger partial charge is 0.376 e. The van der Waals surface area contributed by atoms with Crippen molar-refractivity contribution in [1.82, 2.24) is 10.6 Å². The fraction of sp³-hybridized carbons (Fsp3) is 0.929. The minimum atomic E-state index is 0. The highest BCUT2D eigenvalue weighted by Crippen LogP contribution is 2.58. The van der Waals surface area contributed by atoms with E-state index in [1.54, 1.807) is 0 Å². The molecule has 3 aliphatic rings. The molecule has 4 nitrogen and oxygen atoms in total. The highest BCUT2D eigenvalue weighted by atomic mass is 35.5. The van der Waals surface area contributed by atoms with Gasteiger partial charge in [-0.15, -0.1) is 12.4 Å². The first-order valence-electron chi connectivity index (χ1n) is 7.34. The van der Waals surface area contributed by atoms with Crippen LogP contribution in [0.5, 0.6) is 0 Å². The third-order valence-electron chi connectivity index (χ3n) is 5.00. The number of halogens is 1. The first-order chi connectivity index (χ1) is 8.71. The summed E-state index contributed by atoms with van der Waals surface area (Å²) in [4.78, 5) is 12.3. The molecule has 3 rings (SSSR count). The van der Waals surface area contributed by atoms with Gasteiger partial charge in [0.1, 0.15) is 0 Å². The molecule has 2 aliphatic heterocycles. The summed E-state index contributed by atoms with van der Waals surface area (Å²) in [7, 11) is 0. The number of rotatable bonds is 3. The molecule has 0 radical (unpaired) electrons. The van der Waals surface area contributed by atoms with Crippen molar-refractivity contribution in [3.05, 3.63) is 0 Å². The van der Waals surface area contributed by atoms with E-state index >= 15 is 0 Å². The van der Waals surface area contributed by atoms with E-state index in [4.69, 9.17) is 4.74 Å². The van der Waals surface area contributed by atoms with Crippen molar-refractivity contribution in [3.8, 4) is 0 Å². The van der Waals surface area contributed by atoms with Gasteiger partial charge in [0.2, 0.25) is 5.91 Å². The molecule has 3 fully saturated rings. The zero-order valence-electron chi connectivity index (χ0n) is 11.6. The Bertz CT molecular complexity index is 325. The second kappa shape index (κ2) is 5.98. The van der Waals surface area contributed by atoms with Crippen LogP contribution in [0.4, 0.5) is 0 Å². The van der Waals surface area contributed by atoms with E-state index in [9.17, 15) is 4.79 Å². The lowest BCUT2D eigenvalue weighted by molar-refractivity contribution is -0.124. The maximum Gasteiger partial charge on any atom is 0.223 e. The van der Waals surface area contributed by atoms with Crippen LogP contribution in [0.15, 0.2) is 0 Å². The lowest BCUT2D eigenvalue weighted by atomic mass is 9.91. The van der Waals surface area contributed by atoms with Crippen molar-refractivity contribution in [3.63, 3.8) is 0 Å². The van der Waals surface area contributed by atoms with Crippen LogP contribution in [0.25, 0.3) is 0 Å². The summed E-state index contributed by atoms with van der Waals surface area (Å²) in [6, 6.07) is 0.166. The number of hydrogen-bond donors (Lipinski definition) is 2. The average Bonchev–Trinajstić information content (AvgIpc) is 2.84. The quantitative estimate of drug-likeness (QED) is 0.827. The average molecular weight is 289 g/mol. The van der Waals surface area contributed by atoms with Crippen LogP contribution in [-0.4, -0.2) is 37.7 Å². The molecule has 0 bridgehead atoms. The fourth-order valence-corrected chi connectivity index (χ4v) is 3.61. The molecule has 0 aromatic carbocycles. The van der Waals surface area contributed by atoms with Crippen LogP contribution in [-0.2, 0) is 9.53 Å². The fourth-order valence-electron chi connectivity index (χ4n) is 3.61. The molecule has 1 aliphatic carbocycles.